The fourth-order valence-electron chi connectivity index (χ4n) is 2.97. The molecule has 2 atom stereocenters. The van der Waals surface area contributed by atoms with Gasteiger partial charge >= 0.3 is 0 Å². The molecule has 1 N–H and O–H groups in total. The van der Waals surface area contributed by atoms with Crippen LogP contribution in [0.4, 0.5) is 0 Å². The summed E-state index contributed by atoms with van der Waals surface area (Å²) in [7, 11) is 0. The molecule has 0 aromatic carbocycles. The van der Waals surface area contributed by atoms with Crippen LogP contribution in [0.2, 0.25) is 0 Å². The highest BCUT2D eigenvalue weighted by molar-refractivity contribution is 4.84. The molecule has 96 valence electrons. The van der Waals surface area contributed by atoms with E-state index in [0.717, 1.165) is 24.4 Å². The van der Waals surface area contributed by atoms with Gasteiger partial charge < -0.3 is 10.2 Å². The van der Waals surface area contributed by atoms with Crippen LogP contribution < -0.4 is 5.32 Å². The van der Waals surface area contributed by atoms with Crippen LogP contribution in [0.3, 0.4) is 0 Å². The summed E-state index contributed by atoms with van der Waals surface area (Å²) in [5.74, 6) is 1.68. The number of hydrogen-bond acceptors (Lipinski definition) is 2. The fraction of sp³-hybridized carbons (Fsp3) is 1.00. The van der Waals surface area contributed by atoms with Gasteiger partial charge in [0.25, 0.3) is 0 Å². The fourth-order valence-corrected chi connectivity index (χ4v) is 2.97. The Morgan fingerprint density at radius 3 is 2.56 bits per heavy atom. The van der Waals surface area contributed by atoms with Crippen molar-refractivity contribution in [2.75, 3.05) is 26.2 Å². The predicted octanol–water partition coefficient (Wildman–Crippen LogP) is 2.74. The van der Waals surface area contributed by atoms with Gasteiger partial charge in [0.2, 0.25) is 0 Å². The van der Waals surface area contributed by atoms with Crippen LogP contribution in [0.25, 0.3) is 0 Å². The van der Waals surface area contributed by atoms with Crippen LogP contribution in [0.15, 0.2) is 0 Å². The summed E-state index contributed by atoms with van der Waals surface area (Å²) in [6.07, 6.45) is 4.23. The Kier molecular flexibility index (Phi) is 6.37. The molecule has 0 bridgehead atoms. The molecule has 0 aromatic rings. The van der Waals surface area contributed by atoms with Crippen LogP contribution in [0.5, 0.6) is 0 Å². The average molecular weight is 226 g/mol. The average Bonchev–Trinajstić information content (AvgIpc) is 2.65. The van der Waals surface area contributed by atoms with E-state index >= 15 is 0 Å². The summed E-state index contributed by atoms with van der Waals surface area (Å²) in [4.78, 5) is 2.63. The maximum Gasteiger partial charge on any atom is 0.0107 e. The molecular weight excluding hydrogens is 196 g/mol. The highest BCUT2D eigenvalue weighted by Crippen LogP contribution is 2.26. The summed E-state index contributed by atoms with van der Waals surface area (Å²) in [6.45, 7) is 14.0. The molecule has 16 heavy (non-hydrogen) atoms. The monoisotopic (exact) mass is 226 g/mol. The summed E-state index contributed by atoms with van der Waals surface area (Å²) in [5.41, 5.74) is 0. The van der Waals surface area contributed by atoms with Crippen molar-refractivity contribution in [3.63, 3.8) is 0 Å². The van der Waals surface area contributed by atoms with Crippen molar-refractivity contribution in [2.24, 2.45) is 11.8 Å². The molecule has 1 fully saturated rings. The third-order valence-electron chi connectivity index (χ3n) is 3.69. The van der Waals surface area contributed by atoms with Crippen LogP contribution in [0.1, 0.15) is 47.0 Å². The Balaban J connectivity index is 2.37. The minimum Gasteiger partial charge on any atom is -0.314 e. The summed E-state index contributed by atoms with van der Waals surface area (Å²) in [6, 6.07) is 0.784. The lowest BCUT2D eigenvalue weighted by Crippen LogP contribution is -2.40. The van der Waals surface area contributed by atoms with Gasteiger partial charge in [-0.2, -0.15) is 0 Å². The maximum absolute atomic E-state index is 3.65. The lowest BCUT2D eigenvalue weighted by atomic mass is 10.0. The molecule has 0 aromatic heterocycles. The van der Waals surface area contributed by atoms with Gasteiger partial charge in [-0.1, -0.05) is 34.1 Å². The second-order valence-electron chi connectivity index (χ2n) is 5.60. The minimum absolute atomic E-state index is 0.784. The molecule has 0 aliphatic heterocycles. The van der Waals surface area contributed by atoms with Gasteiger partial charge in [0.05, 0.1) is 0 Å². The molecule has 0 radical (unpaired) electrons. The Labute approximate surface area is 102 Å². The minimum atomic E-state index is 0.784. The normalized spacial score (nSPS) is 25.9. The molecule has 0 amide bonds. The standard InChI is InChI=1S/C14H30N2/c1-5-15-14-9-7-8-13(14)11-16(6-2)10-12(3)4/h12-15H,5-11H2,1-4H3. The van der Waals surface area contributed by atoms with Crippen molar-refractivity contribution < 1.29 is 0 Å². The van der Waals surface area contributed by atoms with Crippen molar-refractivity contribution in [2.45, 2.75) is 53.0 Å². The zero-order valence-corrected chi connectivity index (χ0v) is 11.6. The van der Waals surface area contributed by atoms with Crippen molar-refractivity contribution in [3.8, 4) is 0 Å². The largest absolute Gasteiger partial charge is 0.314 e. The highest BCUT2D eigenvalue weighted by Gasteiger charge is 2.27. The van der Waals surface area contributed by atoms with E-state index < -0.39 is 0 Å². The number of hydrogen-bond donors (Lipinski definition) is 1. The summed E-state index contributed by atoms with van der Waals surface area (Å²) < 4.78 is 0. The highest BCUT2D eigenvalue weighted by atomic mass is 15.1. The Hall–Kier alpha value is -0.0800. The van der Waals surface area contributed by atoms with Gasteiger partial charge in [-0.3, -0.25) is 0 Å². The van der Waals surface area contributed by atoms with Gasteiger partial charge in [-0.05, 0) is 37.8 Å². The Morgan fingerprint density at radius 1 is 1.25 bits per heavy atom. The van der Waals surface area contributed by atoms with Crippen LogP contribution in [0, 0.1) is 11.8 Å². The third-order valence-corrected chi connectivity index (χ3v) is 3.69. The molecule has 1 saturated carbocycles. The van der Waals surface area contributed by atoms with Gasteiger partial charge in [0.15, 0.2) is 0 Å². The molecule has 0 saturated heterocycles. The first-order chi connectivity index (χ1) is 7.67. The van der Waals surface area contributed by atoms with E-state index in [4.69, 9.17) is 0 Å². The lowest BCUT2D eigenvalue weighted by molar-refractivity contribution is 0.203. The molecule has 2 heteroatoms. The van der Waals surface area contributed by atoms with Gasteiger partial charge in [0, 0.05) is 19.1 Å². The zero-order valence-electron chi connectivity index (χ0n) is 11.6. The summed E-state index contributed by atoms with van der Waals surface area (Å²) in [5, 5.41) is 3.65. The smallest absolute Gasteiger partial charge is 0.0107 e. The number of nitrogens with one attached hydrogen (secondary N) is 1. The van der Waals surface area contributed by atoms with Crippen molar-refractivity contribution in [1.82, 2.24) is 10.2 Å². The predicted molar refractivity (Wildman–Crippen MR) is 71.8 cm³/mol. The van der Waals surface area contributed by atoms with E-state index in [0.29, 0.717) is 0 Å². The molecule has 2 nitrogen and oxygen atoms in total. The molecule has 0 heterocycles. The molecule has 0 spiro atoms. The van der Waals surface area contributed by atoms with E-state index in [2.05, 4.69) is 37.9 Å². The van der Waals surface area contributed by atoms with Gasteiger partial charge in [-0.25, -0.2) is 0 Å². The van der Waals surface area contributed by atoms with Crippen LogP contribution in [-0.4, -0.2) is 37.1 Å². The first kappa shape index (κ1) is 14.0. The van der Waals surface area contributed by atoms with E-state index in [1.165, 1.54) is 38.9 Å². The third kappa shape index (κ3) is 4.42. The maximum atomic E-state index is 3.65. The number of nitrogens with zero attached hydrogens (tertiary/aromatic N) is 1. The van der Waals surface area contributed by atoms with Crippen molar-refractivity contribution in [3.05, 3.63) is 0 Å². The number of rotatable bonds is 7. The second kappa shape index (κ2) is 7.29. The van der Waals surface area contributed by atoms with Crippen LogP contribution in [-0.2, 0) is 0 Å². The van der Waals surface area contributed by atoms with E-state index in [1.807, 2.05) is 0 Å². The molecule has 1 aliphatic rings. The van der Waals surface area contributed by atoms with E-state index in [9.17, 15) is 0 Å². The Bertz CT molecular complexity index is 180. The zero-order chi connectivity index (χ0) is 12.0. The quantitative estimate of drug-likeness (QED) is 0.718. The van der Waals surface area contributed by atoms with Crippen molar-refractivity contribution >= 4 is 0 Å². The SMILES string of the molecule is CCNC1CCCC1CN(CC)CC(C)C. The first-order valence-electron chi connectivity index (χ1n) is 7.13. The molecule has 1 aliphatic carbocycles. The van der Waals surface area contributed by atoms with Crippen molar-refractivity contribution in [1.29, 1.82) is 0 Å². The molecular formula is C14H30N2. The van der Waals surface area contributed by atoms with E-state index in [-0.39, 0.29) is 0 Å². The van der Waals surface area contributed by atoms with Gasteiger partial charge in [-0.15, -0.1) is 0 Å². The molecule has 2 unspecified atom stereocenters. The van der Waals surface area contributed by atoms with Gasteiger partial charge in [0.1, 0.15) is 0 Å². The first-order valence-corrected chi connectivity index (χ1v) is 7.13. The topological polar surface area (TPSA) is 15.3 Å². The molecule has 1 rings (SSSR count). The summed E-state index contributed by atoms with van der Waals surface area (Å²) >= 11 is 0. The lowest BCUT2D eigenvalue weighted by Gasteiger charge is -2.29. The van der Waals surface area contributed by atoms with Crippen LogP contribution >= 0.6 is 0 Å². The second-order valence-corrected chi connectivity index (χ2v) is 5.60. The van der Waals surface area contributed by atoms with E-state index in [1.54, 1.807) is 0 Å². The Morgan fingerprint density at radius 2 is 2.00 bits per heavy atom.